The van der Waals surface area contributed by atoms with E-state index in [9.17, 15) is 23.9 Å². The number of nitrogens with one attached hydrogen (secondary N) is 1. The molecule has 0 radical (unpaired) electrons. The molecule has 194 valence electrons. The predicted molar refractivity (Wildman–Crippen MR) is 134 cm³/mol. The molecule has 0 saturated heterocycles. The van der Waals surface area contributed by atoms with E-state index in [2.05, 4.69) is 10.3 Å². The third-order valence-electron chi connectivity index (χ3n) is 7.63. The van der Waals surface area contributed by atoms with E-state index in [0.717, 1.165) is 11.3 Å². The second-order valence-corrected chi connectivity index (χ2v) is 11.0. The molecule has 1 heterocycles. The number of ether oxygens (including phenoxy) is 1. The zero-order chi connectivity index (χ0) is 26.3. The molecule has 36 heavy (non-hydrogen) atoms. The lowest BCUT2D eigenvalue weighted by Gasteiger charge is -2.50. The SMILES string of the molecule is CC1CCC(=O)C1(COC(=O)C(C)(C)C)N(c1ccc(C(=O)O)c(F)c1)C1CCC2=C(CNC=N2)C1. The molecule has 0 spiro atoms. The standard InChI is InChI=1S/C27H34FN3O5/c1-16-5-10-23(32)27(16,14-36-25(35)26(2,3)4)31(19-6-8-20(24(33)34)21(28)12-19)18-7-9-22-17(11-18)13-29-15-30-22/h6,8,12,15-16,18H,5,7,9-11,13-14H2,1-4H3,(H,29,30)(H,33,34). The number of esters is 1. The molecule has 4 rings (SSSR count). The number of halogens is 1. The summed E-state index contributed by atoms with van der Waals surface area (Å²) in [6.45, 7) is 7.72. The van der Waals surface area contributed by atoms with Gasteiger partial charge < -0.3 is 20.1 Å². The van der Waals surface area contributed by atoms with Crippen molar-refractivity contribution in [2.45, 2.75) is 71.4 Å². The average Bonchev–Trinajstić information content (AvgIpc) is 3.10. The number of hydrogen-bond donors (Lipinski definition) is 2. The Kier molecular flexibility index (Phi) is 6.94. The Balaban J connectivity index is 1.82. The Hall–Kier alpha value is -3.23. The number of rotatable bonds is 6. The number of ketones is 1. The van der Waals surface area contributed by atoms with E-state index < -0.39 is 34.3 Å². The summed E-state index contributed by atoms with van der Waals surface area (Å²) >= 11 is 0. The normalized spacial score (nSPS) is 25.9. The monoisotopic (exact) mass is 499 g/mol. The fourth-order valence-electron chi connectivity index (χ4n) is 5.56. The highest BCUT2D eigenvalue weighted by molar-refractivity contribution is 5.95. The maximum atomic E-state index is 15.0. The summed E-state index contributed by atoms with van der Waals surface area (Å²) in [6, 6.07) is 3.79. The van der Waals surface area contributed by atoms with E-state index >= 15 is 0 Å². The Morgan fingerprint density at radius 1 is 1.28 bits per heavy atom. The number of Topliss-reactive ketones (excluding diaryl/α,β-unsaturated/α-hetero) is 1. The van der Waals surface area contributed by atoms with Crippen LogP contribution in [-0.4, -0.2) is 53.9 Å². The minimum Gasteiger partial charge on any atom is -0.478 e. The lowest BCUT2D eigenvalue weighted by atomic mass is 9.80. The molecule has 1 aromatic carbocycles. The molecule has 8 nitrogen and oxygen atoms in total. The van der Waals surface area contributed by atoms with Gasteiger partial charge in [-0.15, -0.1) is 0 Å². The van der Waals surface area contributed by atoms with Gasteiger partial charge in [-0.2, -0.15) is 0 Å². The van der Waals surface area contributed by atoms with E-state index in [1.165, 1.54) is 12.1 Å². The number of carboxylic acids is 1. The molecule has 0 bridgehead atoms. The second-order valence-electron chi connectivity index (χ2n) is 11.0. The van der Waals surface area contributed by atoms with Crippen LogP contribution in [0.1, 0.15) is 70.2 Å². The third kappa shape index (κ3) is 4.63. The molecular formula is C27H34FN3O5. The molecule has 0 amide bonds. The van der Waals surface area contributed by atoms with Crippen LogP contribution in [0.5, 0.6) is 0 Å². The lowest BCUT2D eigenvalue weighted by molar-refractivity contribution is -0.156. The highest BCUT2D eigenvalue weighted by Gasteiger charge is 2.55. The first-order valence-electron chi connectivity index (χ1n) is 12.4. The van der Waals surface area contributed by atoms with Crippen LogP contribution in [0.15, 0.2) is 34.5 Å². The van der Waals surface area contributed by atoms with Crippen LogP contribution >= 0.6 is 0 Å². The molecule has 1 aromatic rings. The maximum Gasteiger partial charge on any atom is 0.338 e. The van der Waals surface area contributed by atoms with Gasteiger partial charge in [0.1, 0.15) is 18.0 Å². The lowest BCUT2D eigenvalue weighted by Crippen LogP contribution is -2.63. The Labute approximate surface area is 210 Å². The van der Waals surface area contributed by atoms with E-state index in [-0.39, 0.29) is 24.3 Å². The molecule has 2 aliphatic carbocycles. The van der Waals surface area contributed by atoms with Crippen molar-refractivity contribution in [1.29, 1.82) is 0 Å². The zero-order valence-electron chi connectivity index (χ0n) is 21.3. The highest BCUT2D eigenvalue weighted by Crippen LogP contribution is 2.45. The summed E-state index contributed by atoms with van der Waals surface area (Å²) in [6.07, 6.45) is 4.61. The van der Waals surface area contributed by atoms with Gasteiger partial charge in [0.25, 0.3) is 0 Å². The van der Waals surface area contributed by atoms with Crippen LogP contribution < -0.4 is 10.2 Å². The molecular weight excluding hydrogens is 465 g/mol. The number of benzene rings is 1. The molecule has 9 heteroatoms. The van der Waals surface area contributed by atoms with Crippen molar-refractivity contribution in [3.8, 4) is 0 Å². The van der Waals surface area contributed by atoms with Crippen molar-refractivity contribution in [2.75, 3.05) is 18.1 Å². The number of carbonyl (C=O) groups is 3. The van der Waals surface area contributed by atoms with Gasteiger partial charge in [-0.05, 0) is 76.1 Å². The van der Waals surface area contributed by atoms with E-state index in [1.807, 2.05) is 11.8 Å². The second kappa shape index (κ2) is 9.67. The van der Waals surface area contributed by atoms with Gasteiger partial charge in [-0.25, -0.2) is 14.2 Å². The van der Waals surface area contributed by atoms with E-state index in [0.29, 0.717) is 44.3 Å². The highest BCUT2D eigenvalue weighted by atomic mass is 19.1. The molecule has 0 aromatic heterocycles. The molecule has 2 N–H and O–H groups in total. The number of allylic oxidation sites excluding steroid dienone is 1. The van der Waals surface area contributed by atoms with Crippen molar-refractivity contribution in [2.24, 2.45) is 16.3 Å². The largest absolute Gasteiger partial charge is 0.478 e. The van der Waals surface area contributed by atoms with Crippen LogP contribution in [0.4, 0.5) is 10.1 Å². The molecule has 3 atom stereocenters. The fraction of sp³-hybridized carbons (Fsp3) is 0.556. The van der Waals surface area contributed by atoms with E-state index in [4.69, 9.17) is 4.74 Å². The van der Waals surface area contributed by atoms with Crippen molar-refractivity contribution in [3.05, 3.63) is 40.8 Å². The first-order chi connectivity index (χ1) is 16.9. The van der Waals surface area contributed by atoms with Crippen molar-refractivity contribution in [3.63, 3.8) is 0 Å². The van der Waals surface area contributed by atoms with Crippen LogP contribution in [-0.2, 0) is 14.3 Å². The Bertz CT molecular complexity index is 1140. The molecule has 1 saturated carbocycles. The first kappa shape index (κ1) is 25.9. The minimum absolute atomic E-state index is 0.0565. The number of nitrogens with zero attached hydrogens (tertiary/aromatic N) is 2. The topological polar surface area (TPSA) is 108 Å². The van der Waals surface area contributed by atoms with Gasteiger partial charge in [0.2, 0.25) is 0 Å². The summed E-state index contributed by atoms with van der Waals surface area (Å²) in [5, 5.41) is 12.5. The van der Waals surface area contributed by atoms with Gasteiger partial charge in [0, 0.05) is 30.4 Å². The number of anilines is 1. The van der Waals surface area contributed by atoms with Crippen molar-refractivity contribution in [1.82, 2.24) is 5.32 Å². The van der Waals surface area contributed by atoms with Crippen molar-refractivity contribution >= 4 is 29.7 Å². The summed E-state index contributed by atoms with van der Waals surface area (Å²) in [5.41, 5.74) is 0.192. The average molecular weight is 500 g/mol. The van der Waals surface area contributed by atoms with Gasteiger partial charge in [-0.1, -0.05) is 6.92 Å². The van der Waals surface area contributed by atoms with Crippen molar-refractivity contribution < 1.29 is 28.6 Å². The molecule has 1 fully saturated rings. The number of aromatic carboxylic acids is 1. The van der Waals surface area contributed by atoms with Gasteiger partial charge in [0.15, 0.2) is 5.78 Å². The number of carboxylic acid groups (broad SMARTS) is 1. The minimum atomic E-state index is -1.36. The number of carbonyl (C=O) groups excluding carboxylic acids is 2. The van der Waals surface area contributed by atoms with Crippen LogP contribution in [0.2, 0.25) is 0 Å². The Morgan fingerprint density at radius 3 is 2.64 bits per heavy atom. The van der Waals surface area contributed by atoms with E-state index in [1.54, 1.807) is 33.2 Å². The summed E-state index contributed by atoms with van der Waals surface area (Å²) in [4.78, 5) is 44.3. The first-order valence-corrected chi connectivity index (χ1v) is 12.4. The molecule has 1 aliphatic heterocycles. The van der Waals surface area contributed by atoms with Gasteiger partial charge >= 0.3 is 11.9 Å². The predicted octanol–water partition coefficient (Wildman–Crippen LogP) is 4.10. The fourth-order valence-corrected chi connectivity index (χ4v) is 5.56. The summed E-state index contributed by atoms with van der Waals surface area (Å²) < 4.78 is 20.7. The summed E-state index contributed by atoms with van der Waals surface area (Å²) in [5.74, 6) is -2.87. The van der Waals surface area contributed by atoms with Crippen LogP contribution in [0.25, 0.3) is 0 Å². The smallest absolute Gasteiger partial charge is 0.338 e. The summed E-state index contributed by atoms with van der Waals surface area (Å²) in [7, 11) is 0. The molecule has 3 aliphatic rings. The third-order valence-corrected chi connectivity index (χ3v) is 7.63. The quantitative estimate of drug-likeness (QED) is 0.568. The van der Waals surface area contributed by atoms with Crippen LogP contribution in [0, 0.1) is 17.2 Å². The van der Waals surface area contributed by atoms with Gasteiger partial charge in [0.05, 0.1) is 17.3 Å². The molecule has 3 unspecified atom stereocenters. The maximum absolute atomic E-state index is 15.0. The zero-order valence-corrected chi connectivity index (χ0v) is 21.3. The van der Waals surface area contributed by atoms with Gasteiger partial charge in [-0.3, -0.25) is 9.59 Å². The number of hydrogen-bond acceptors (Lipinski definition) is 7. The van der Waals surface area contributed by atoms with Crippen LogP contribution in [0.3, 0.4) is 0 Å². The number of aliphatic imine (C=N–C) groups is 1. The Morgan fingerprint density at radius 2 is 2.03 bits per heavy atom.